The Bertz CT molecular complexity index is 632. The van der Waals surface area contributed by atoms with Crippen molar-refractivity contribution in [2.24, 2.45) is 10.9 Å². The van der Waals surface area contributed by atoms with Gasteiger partial charge in [-0.15, -0.1) is 0 Å². The molecular formula is C12H9F2N3O2. The number of halogens is 2. The second-order valence-corrected chi connectivity index (χ2v) is 3.50. The van der Waals surface area contributed by atoms with Crippen LogP contribution in [-0.2, 0) is 0 Å². The molecule has 7 heteroatoms. The minimum Gasteiger partial charge on any atom is -0.435 e. The molecule has 1 aromatic carbocycles. The molecule has 0 amide bonds. The van der Waals surface area contributed by atoms with Gasteiger partial charge in [-0.3, -0.25) is 0 Å². The first-order chi connectivity index (χ1) is 9.13. The Kier molecular flexibility index (Phi) is 3.56. The Hall–Kier alpha value is -2.70. The van der Waals surface area contributed by atoms with Gasteiger partial charge in [0.15, 0.2) is 17.4 Å². The van der Waals surface area contributed by atoms with Gasteiger partial charge in [0.2, 0.25) is 11.7 Å². The highest BCUT2D eigenvalue weighted by molar-refractivity contribution is 5.99. The number of ether oxygens (including phenoxy) is 1. The molecule has 1 aromatic heterocycles. The van der Waals surface area contributed by atoms with E-state index >= 15 is 0 Å². The summed E-state index contributed by atoms with van der Waals surface area (Å²) < 4.78 is 31.7. The summed E-state index contributed by atoms with van der Waals surface area (Å²) in [5, 5.41) is 11.4. The number of nitrogens with two attached hydrogens (primary N) is 1. The van der Waals surface area contributed by atoms with Gasteiger partial charge in [0.05, 0.1) is 5.56 Å². The van der Waals surface area contributed by atoms with Crippen molar-refractivity contribution in [3.05, 3.63) is 53.7 Å². The number of amidine groups is 1. The van der Waals surface area contributed by atoms with Gasteiger partial charge in [-0.1, -0.05) is 11.2 Å². The molecule has 3 N–H and O–H groups in total. The summed E-state index contributed by atoms with van der Waals surface area (Å²) in [6.45, 7) is 0. The van der Waals surface area contributed by atoms with Gasteiger partial charge in [-0.05, 0) is 24.3 Å². The third kappa shape index (κ3) is 2.59. The van der Waals surface area contributed by atoms with Crippen LogP contribution in [0, 0.1) is 11.6 Å². The molecule has 0 radical (unpaired) electrons. The highest BCUT2D eigenvalue weighted by Crippen LogP contribution is 2.26. The minimum atomic E-state index is -1.14. The van der Waals surface area contributed by atoms with E-state index < -0.39 is 11.6 Å². The number of hydrogen-bond acceptors (Lipinski definition) is 4. The molecule has 0 saturated carbocycles. The zero-order chi connectivity index (χ0) is 13.8. The van der Waals surface area contributed by atoms with E-state index in [-0.39, 0.29) is 23.0 Å². The van der Waals surface area contributed by atoms with Crippen LogP contribution in [0.3, 0.4) is 0 Å². The first kappa shape index (κ1) is 12.7. The molecule has 0 atom stereocenters. The maximum atomic E-state index is 13.5. The largest absolute Gasteiger partial charge is 0.435 e. The van der Waals surface area contributed by atoms with E-state index in [0.29, 0.717) is 0 Å². The van der Waals surface area contributed by atoms with Crippen molar-refractivity contribution in [1.29, 1.82) is 0 Å². The smallest absolute Gasteiger partial charge is 0.230 e. The number of benzene rings is 1. The monoisotopic (exact) mass is 265 g/mol. The van der Waals surface area contributed by atoms with Crippen molar-refractivity contribution in [2.45, 2.75) is 0 Å². The minimum absolute atomic E-state index is 0.0951. The van der Waals surface area contributed by atoms with E-state index in [1.165, 1.54) is 30.5 Å². The Labute approximate surface area is 107 Å². The van der Waals surface area contributed by atoms with E-state index in [1.54, 1.807) is 0 Å². The van der Waals surface area contributed by atoms with Gasteiger partial charge in [0, 0.05) is 6.20 Å². The molecule has 2 rings (SSSR count). The first-order valence-corrected chi connectivity index (χ1v) is 5.18. The van der Waals surface area contributed by atoms with Crippen LogP contribution in [0.4, 0.5) is 8.78 Å². The van der Waals surface area contributed by atoms with Crippen molar-refractivity contribution < 1.29 is 18.7 Å². The Morgan fingerprint density at radius 1 is 1.26 bits per heavy atom. The molecule has 1 heterocycles. The number of nitrogens with zero attached hydrogens (tertiary/aromatic N) is 2. The van der Waals surface area contributed by atoms with Crippen LogP contribution in [-0.4, -0.2) is 16.0 Å². The zero-order valence-electron chi connectivity index (χ0n) is 9.55. The van der Waals surface area contributed by atoms with Gasteiger partial charge in [0.1, 0.15) is 0 Å². The van der Waals surface area contributed by atoms with Crippen LogP contribution in [0.2, 0.25) is 0 Å². The molecule has 0 aliphatic rings. The zero-order valence-corrected chi connectivity index (χ0v) is 9.55. The molecule has 98 valence electrons. The Morgan fingerprint density at radius 3 is 2.79 bits per heavy atom. The third-order valence-electron chi connectivity index (χ3n) is 2.28. The number of pyridine rings is 1. The van der Waals surface area contributed by atoms with Crippen LogP contribution in [0.5, 0.6) is 11.6 Å². The molecule has 0 saturated heterocycles. The maximum absolute atomic E-state index is 13.5. The second-order valence-electron chi connectivity index (χ2n) is 3.50. The number of hydrogen-bond donors (Lipinski definition) is 2. The second kappa shape index (κ2) is 5.30. The lowest BCUT2D eigenvalue weighted by molar-refractivity contribution is 0.318. The molecule has 0 bridgehead atoms. The van der Waals surface area contributed by atoms with Crippen molar-refractivity contribution >= 4 is 5.84 Å². The Balaban J connectivity index is 2.42. The molecular weight excluding hydrogens is 256 g/mol. The highest BCUT2D eigenvalue weighted by Gasteiger charge is 2.14. The van der Waals surface area contributed by atoms with Crippen LogP contribution in [0.1, 0.15) is 5.56 Å². The van der Waals surface area contributed by atoms with Crippen molar-refractivity contribution in [3.8, 4) is 11.6 Å². The topological polar surface area (TPSA) is 80.7 Å². The van der Waals surface area contributed by atoms with Gasteiger partial charge in [-0.25, -0.2) is 9.37 Å². The van der Waals surface area contributed by atoms with Gasteiger partial charge in [0.25, 0.3) is 0 Å². The summed E-state index contributed by atoms with van der Waals surface area (Å²) in [6, 6.07) is 6.49. The Morgan fingerprint density at radius 2 is 2.05 bits per heavy atom. The summed E-state index contributed by atoms with van der Waals surface area (Å²) in [6.07, 6.45) is 1.38. The normalized spacial score (nSPS) is 11.4. The number of oxime groups is 1. The highest BCUT2D eigenvalue weighted by atomic mass is 19.2. The summed E-state index contributed by atoms with van der Waals surface area (Å²) in [5.74, 6) is -2.87. The van der Waals surface area contributed by atoms with Gasteiger partial charge in [-0.2, -0.15) is 4.39 Å². The van der Waals surface area contributed by atoms with Crippen molar-refractivity contribution in [3.63, 3.8) is 0 Å². The van der Waals surface area contributed by atoms with Crippen LogP contribution in [0.25, 0.3) is 0 Å². The molecule has 0 aliphatic heterocycles. The third-order valence-corrected chi connectivity index (χ3v) is 2.28. The summed E-state index contributed by atoms with van der Waals surface area (Å²) in [4.78, 5) is 3.83. The fraction of sp³-hybridized carbons (Fsp3) is 0. The molecule has 0 spiro atoms. The maximum Gasteiger partial charge on any atom is 0.230 e. The fourth-order valence-electron chi connectivity index (χ4n) is 1.39. The molecule has 19 heavy (non-hydrogen) atoms. The molecule has 2 aromatic rings. The average Bonchev–Trinajstić information content (AvgIpc) is 2.43. The number of aromatic nitrogens is 1. The van der Waals surface area contributed by atoms with E-state index in [9.17, 15) is 8.78 Å². The molecule has 0 aliphatic carbocycles. The predicted molar refractivity (Wildman–Crippen MR) is 63.2 cm³/mol. The summed E-state index contributed by atoms with van der Waals surface area (Å²) in [7, 11) is 0. The standard InChI is InChI=1S/C12H9F2N3O2/c13-8-4-1-5-9(10(8)14)19-12-7(11(15)17-18)3-2-6-16-12/h1-6,18H,(H2,15,17). The van der Waals surface area contributed by atoms with Crippen molar-refractivity contribution in [1.82, 2.24) is 4.98 Å². The summed E-state index contributed by atoms with van der Waals surface area (Å²) in [5.41, 5.74) is 5.59. The van der Waals surface area contributed by atoms with E-state index in [0.717, 1.165) is 6.07 Å². The van der Waals surface area contributed by atoms with E-state index in [2.05, 4.69) is 10.1 Å². The first-order valence-electron chi connectivity index (χ1n) is 5.18. The van der Waals surface area contributed by atoms with Crippen LogP contribution >= 0.6 is 0 Å². The van der Waals surface area contributed by atoms with Crippen LogP contribution < -0.4 is 10.5 Å². The molecule has 0 unspecified atom stereocenters. The fourth-order valence-corrected chi connectivity index (χ4v) is 1.39. The SMILES string of the molecule is NC(=NO)c1cccnc1Oc1cccc(F)c1F. The van der Waals surface area contributed by atoms with E-state index in [4.69, 9.17) is 15.7 Å². The molecule has 5 nitrogen and oxygen atoms in total. The molecule has 0 fully saturated rings. The number of rotatable bonds is 3. The lowest BCUT2D eigenvalue weighted by atomic mass is 10.2. The average molecular weight is 265 g/mol. The lowest BCUT2D eigenvalue weighted by Crippen LogP contribution is -2.14. The van der Waals surface area contributed by atoms with E-state index in [1.807, 2.05) is 0 Å². The van der Waals surface area contributed by atoms with Crippen LogP contribution in [0.15, 0.2) is 41.7 Å². The lowest BCUT2D eigenvalue weighted by Gasteiger charge is -2.09. The summed E-state index contributed by atoms with van der Waals surface area (Å²) >= 11 is 0. The quantitative estimate of drug-likeness (QED) is 0.386. The van der Waals surface area contributed by atoms with Gasteiger partial charge >= 0.3 is 0 Å². The predicted octanol–water partition coefficient (Wildman–Crippen LogP) is 2.25. The van der Waals surface area contributed by atoms with Gasteiger partial charge < -0.3 is 15.7 Å². The van der Waals surface area contributed by atoms with Crippen molar-refractivity contribution in [2.75, 3.05) is 0 Å².